The number of nitrogens with one attached hydrogen (secondary N) is 1. The summed E-state index contributed by atoms with van der Waals surface area (Å²) in [5.74, 6) is 0. The molecule has 3 rings (SSSR count). The van der Waals surface area contributed by atoms with Gasteiger partial charge in [0, 0.05) is 35.7 Å². The summed E-state index contributed by atoms with van der Waals surface area (Å²) in [5, 5.41) is 3.66. The third-order valence-electron chi connectivity index (χ3n) is 3.56. The highest BCUT2D eigenvalue weighted by atomic mass is 32.1. The molecule has 16 heavy (non-hydrogen) atoms. The van der Waals surface area contributed by atoms with Crippen LogP contribution < -0.4 is 5.32 Å². The van der Waals surface area contributed by atoms with Crippen molar-refractivity contribution in [3.05, 3.63) is 16.6 Å². The van der Waals surface area contributed by atoms with Crippen LogP contribution >= 0.6 is 11.3 Å². The molecule has 1 aliphatic heterocycles. The summed E-state index contributed by atoms with van der Waals surface area (Å²) < 4.78 is 5.61. The molecule has 1 unspecified atom stereocenters. The molecule has 1 N–H and O–H groups in total. The van der Waals surface area contributed by atoms with Crippen LogP contribution in [0.2, 0.25) is 0 Å². The summed E-state index contributed by atoms with van der Waals surface area (Å²) in [7, 11) is 0. The molecule has 1 saturated heterocycles. The number of ether oxygens (including phenoxy) is 1. The predicted molar refractivity (Wildman–Crippen MR) is 64.7 cm³/mol. The zero-order valence-corrected chi connectivity index (χ0v) is 10.3. The summed E-state index contributed by atoms with van der Waals surface area (Å²) >= 11 is 1.76. The van der Waals surface area contributed by atoms with E-state index in [-0.39, 0.29) is 0 Å². The molecule has 2 fully saturated rings. The van der Waals surface area contributed by atoms with Crippen molar-refractivity contribution >= 4 is 11.3 Å². The van der Waals surface area contributed by atoms with Crippen LogP contribution in [0.3, 0.4) is 0 Å². The fourth-order valence-electron chi connectivity index (χ4n) is 2.34. The summed E-state index contributed by atoms with van der Waals surface area (Å²) in [5.41, 5.74) is 2.25. The lowest BCUT2D eigenvalue weighted by Gasteiger charge is -2.27. The Morgan fingerprint density at radius 3 is 3.12 bits per heavy atom. The fourth-order valence-corrected chi connectivity index (χ4v) is 3.11. The van der Waals surface area contributed by atoms with E-state index < -0.39 is 0 Å². The van der Waals surface area contributed by atoms with Gasteiger partial charge in [-0.15, -0.1) is 11.3 Å². The van der Waals surface area contributed by atoms with Gasteiger partial charge in [0.25, 0.3) is 0 Å². The Morgan fingerprint density at radius 1 is 1.56 bits per heavy atom. The molecular weight excluding hydrogens is 220 g/mol. The highest BCUT2D eigenvalue weighted by molar-refractivity contribution is 7.09. The maximum atomic E-state index is 5.61. The number of hydrogen-bond donors (Lipinski definition) is 1. The molecule has 3 nitrogen and oxygen atoms in total. The van der Waals surface area contributed by atoms with Crippen LogP contribution in [0.5, 0.6) is 0 Å². The van der Waals surface area contributed by atoms with Crippen molar-refractivity contribution < 1.29 is 4.74 Å². The number of rotatable bonds is 5. The molecule has 0 amide bonds. The molecule has 4 heteroatoms. The van der Waals surface area contributed by atoms with Crippen molar-refractivity contribution in [3.63, 3.8) is 0 Å². The first-order valence-corrected chi connectivity index (χ1v) is 6.93. The smallest absolute Gasteiger partial charge is 0.0794 e. The Kier molecular flexibility index (Phi) is 2.96. The number of hydrogen-bond acceptors (Lipinski definition) is 4. The van der Waals surface area contributed by atoms with Gasteiger partial charge < -0.3 is 10.1 Å². The van der Waals surface area contributed by atoms with Crippen LogP contribution in [-0.2, 0) is 11.2 Å². The Hall–Kier alpha value is -0.450. The number of nitrogens with zero attached hydrogens (tertiary/aromatic N) is 1. The highest BCUT2D eigenvalue weighted by Crippen LogP contribution is 2.34. The normalized spacial score (nSPS) is 29.8. The van der Waals surface area contributed by atoms with Gasteiger partial charge in [0.1, 0.15) is 0 Å². The quantitative estimate of drug-likeness (QED) is 0.850. The molecule has 0 radical (unpaired) electrons. The zero-order chi connectivity index (χ0) is 10.8. The molecule has 1 aliphatic carbocycles. The molecule has 0 spiro atoms. The van der Waals surface area contributed by atoms with E-state index in [1.54, 1.807) is 11.3 Å². The minimum absolute atomic E-state index is 0.328. The van der Waals surface area contributed by atoms with Gasteiger partial charge in [-0.25, -0.2) is 0 Å². The first-order chi connectivity index (χ1) is 7.86. The molecule has 2 aliphatic rings. The number of aromatic nitrogens is 1. The molecule has 1 saturated carbocycles. The second-order valence-corrected chi connectivity index (χ2v) is 6.07. The van der Waals surface area contributed by atoms with E-state index in [9.17, 15) is 0 Å². The third-order valence-corrected chi connectivity index (χ3v) is 4.34. The van der Waals surface area contributed by atoms with Crippen molar-refractivity contribution in [2.75, 3.05) is 19.8 Å². The molecule has 2 heterocycles. The lowest BCUT2D eigenvalue weighted by atomic mass is 9.83. The average Bonchev–Trinajstić information content (AvgIpc) is 2.78. The van der Waals surface area contributed by atoms with E-state index in [2.05, 4.69) is 10.3 Å². The summed E-state index contributed by atoms with van der Waals surface area (Å²) in [6, 6.07) is 0.791. The van der Waals surface area contributed by atoms with Gasteiger partial charge in [-0.05, 0) is 25.7 Å². The maximum absolute atomic E-state index is 5.61. The molecule has 88 valence electrons. The van der Waals surface area contributed by atoms with Crippen LogP contribution in [0.4, 0.5) is 0 Å². The largest absolute Gasteiger partial charge is 0.381 e. The van der Waals surface area contributed by atoms with Gasteiger partial charge >= 0.3 is 0 Å². The standard InChI is InChI=1S/C12H18N2OS/c1-2-10(1)14-7-12(3-4-15-8-12)5-11-6-13-9-16-11/h6,9-10,14H,1-5,7-8H2. The second kappa shape index (κ2) is 4.43. The topological polar surface area (TPSA) is 34.2 Å². The molecule has 0 aromatic carbocycles. The molecule has 1 aromatic heterocycles. The van der Waals surface area contributed by atoms with Crippen LogP contribution in [0.15, 0.2) is 11.7 Å². The van der Waals surface area contributed by atoms with Gasteiger partial charge in [-0.3, -0.25) is 4.98 Å². The molecule has 0 bridgehead atoms. The van der Waals surface area contributed by atoms with Crippen molar-refractivity contribution in [2.24, 2.45) is 5.41 Å². The first kappa shape index (κ1) is 10.7. The second-order valence-electron chi connectivity index (χ2n) is 5.10. The lowest BCUT2D eigenvalue weighted by molar-refractivity contribution is 0.149. The van der Waals surface area contributed by atoms with Crippen molar-refractivity contribution in [3.8, 4) is 0 Å². The van der Waals surface area contributed by atoms with E-state index in [4.69, 9.17) is 4.74 Å². The van der Waals surface area contributed by atoms with E-state index in [1.807, 2.05) is 11.7 Å². The lowest BCUT2D eigenvalue weighted by Crippen LogP contribution is -2.37. The summed E-state index contributed by atoms with van der Waals surface area (Å²) in [6.07, 6.45) is 7.03. The SMILES string of the molecule is c1ncc(CC2(CNC3CC3)CCOC2)s1. The molecule has 1 atom stereocenters. The van der Waals surface area contributed by atoms with Gasteiger partial charge in [-0.2, -0.15) is 0 Å². The first-order valence-electron chi connectivity index (χ1n) is 6.05. The molecule has 1 aromatic rings. The highest BCUT2D eigenvalue weighted by Gasteiger charge is 2.36. The van der Waals surface area contributed by atoms with Crippen LogP contribution in [0, 0.1) is 5.41 Å². The Morgan fingerprint density at radius 2 is 2.50 bits per heavy atom. The van der Waals surface area contributed by atoms with Gasteiger partial charge in [0.05, 0.1) is 12.1 Å². The van der Waals surface area contributed by atoms with E-state index >= 15 is 0 Å². The summed E-state index contributed by atoms with van der Waals surface area (Å²) in [6.45, 7) is 2.94. The molecular formula is C12H18N2OS. The van der Waals surface area contributed by atoms with Gasteiger partial charge in [0.2, 0.25) is 0 Å². The zero-order valence-electron chi connectivity index (χ0n) is 9.45. The van der Waals surface area contributed by atoms with Crippen molar-refractivity contribution in [1.29, 1.82) is 0 Å². The van der Waals surface area contributed by atoms with Crippen LogP contribution in [0.1, 0.15) is 24.1 Å². The predicted octanol–water partition coefficient (Wildman–Crippen LogP) is 1.84. The Labute approximate surface area is 100 Å². The van der Waals surface area contributed by atoms with Crippen molar-refractivity contribution in [2.45, 2.75) is 31.7 Å². The minimum atomic E-state index is 0.328. The third kappa shape index (κ3) is 2.44. The summed E-state index contributed by atoms with van der Waals surface area (Å²) in [4.78, 5) is 5.55. The fraction of sp³-hybridized carbons (Fsp3) is 0.750. The van der Waals surface area contributed by atoms with Gasteiger partial charge in [0.15, 0.2) is 0 Å². The van der Waals surface area contributed by atoms with Crippen LogP contribution in [-0.4, -0.2) is 30.8 Å². The van der Waals surface area contributed by atoms with E-state index in [1.165, 1.54) is 24.1 Å². The average molecular weight is 238 g/mol. The van der Waals surface area contributed by atoms with E-state index in [0.717, 1.165) is 32.2 Å². The maximum Gasteiger partial charge on any atom is 0.0794 e. The number of thiazole rings is 1. The van der Waals surface area contributed by atoms with Gasteiger partial charge in [-0.1, -0.05) is 0 Å². The minimum Gasteiger partial charge on any atom is -0.381 e. The monoisotopic (exact) mass is 238 g/mol. The van der Waals surface area contributed by atoms with Crippen LogP contribution in [0.25, 0.3) is 0 Å². The van der Waals surface area contributed by atoms with Crippen molar-refractivity contribution in [1.82, 2.24) is 10.3 Å². The Balaban J connectivity index is 1.63. The Bertz CT molecular complexity index is 329. The van der Waals surface area contributed by atoms with E-state index in [0.29, 0.717) is 5.41 Å².